The van der Waals surface area contributed by atoms with Crippen LogP contribution in [0.2, 0.25) is 0 Å². The first-order valence-electron chi connectivity index (χ1n) is 6.87. The molecule has 1 saturated carbocycles. The molecule has 1 aliphatic carbocycles. The van der Waals surface area contributed by atoms with Crippen LogP contribution in [0.4, 0.5) is 0 Å². The van der Waals surface area contributed by atoms with Crippen LogP contribution in [-0.4, -0.2) is 12.8 Å². The summed E-state index contributed by atoms with van der Waals surface area (Å²) in [6, 6.07) is 10.3. The van der Waals surface area contributed by atoms with Crippen molar-refractivity contribution in [2.45, 2.75) is 38.8 Å². The Morgan fingerprint density at radius 2 is 1.89 bits per heavy atom. The van der Waals surface area contributed by atoms with Gasteiger partial charge in [-0.15, -0.1) is 0 Å². The molecular weight excluding hydrogens is 243 g/mol. The molecule has 1 aromatic rings. The molecule has 0 radical (unpaired) electrons. The smallest absolute Gasteiger partial charge is 0.213 e. The lowest BCUT2D eigenvalue weighted by molar-refractivity contribution is 0.303. The summed E-state index contributed by atoms with van der Waals surface area (Å²) in [5, 5.41) is -0.307. The van der Waals surface area contributed by atoms with Crippen LogP contribution in [-0.2, 0) is 14.2 Å². The van der Waals surface area contributed by atoms with Crippen molar-refractivity contribution in [1.29, 1.82) is 0 Å². The second-order valence-corrected chi connectivity index (χ2v) is 8.36. The fourth-order valence-electron chi connectivity index (χ4n) is 2.89. The van der Waals surface area contributed by atoms with Crippen molar-refractivity contribution in [3.63, 3.8) is 0 Å². The summed E-state index contributed by atoms with van der Waals surface area (Å²) in [5.41, 5.74) is 1.17. The van der Waals surface area contributed by atoms with Gasteiger partial charge in [0.2, 0.25) is 7.37 Å². The highest BCUT2D eigenvalue weighted by Crippen LogP contribution is 2.71. The number of hydrogen-bond acceptors (Lipinski definition) is 2. The van der Waals surface area contributed by atoms with Crippen LogP contribution in [0.25, 0.3) is 0 Å². The van der Waals surface area contributed by atoms with Crippen LogP contribution in [0.5, 0.6) is 0 Å². The maximum absolute atomic E-state index is 13.3. The summed E-state index contributed by atoms with van der Waals surface area (Å²) in [7, 11) is -2.64. The number of benzene rings is 1. The zero-order chi connectivity index (χ0) is 13.2. The molecule has 2 atom stereocenters. The van der Waals surface area contributed by atoms with Crippen LogP contribution in [0.15, 0.2) is 30.3 Å². The van der Waals surface area contributed by atoms with Crippen molar-refractivity contribution in [2.75, 3.05) is 12.8 Å². The minimum atomic E-state index is -2.64. The van der Waals surface area contributed by atoms with Gasteiger partial charge in [0, 0.05) is 6.16 Å². The third kappa shape index (κ3) is 2.17. The van der Waals surface area contributed by atoms with Crippen molar-refractivity contribution >= 4 is 7.37 Å². The number of rotatable bonds is 6. The van der Waals surface area contributed by atoms with Gasteiger partial charge in [0.15, 0.2) is 0 Å². The quantitative estimate of drug-likeness (QED) is 0.701. The Labute approximate surface area is 110 Å². The van der Waals surface area contributed by atoms with Crippen LogP contribution >= 0.6 is 7.37 Å². The zero-order valence-electron chi connectivity index (χ0n) is 11.6. The molecule has 0 N–H and O–H groups in total. The fraction of sp³-hybridized carbons (Fsp3) is 0.600. The average molecular weight is 266 g/mol. The Bertz CT molecular complexity index is 439. The van der Waals surface area contributed by atoms with Crippen LogP contribution in [0.3, 0.4) is 0 Å². The molecule has 0 saturated heterocycles. The van der Waals surface area contributed by atoms with Gasteiger partial charge in [-0.25, -0.2) is 0 Å². The normalized spacial score (nSPS) is 22.2. The van der Waals surface area contributed by atoms with Gasteiger partial charge in [-0.3, -0.25) is 4.57 Å². The van der Waals surface area contributed by atoms with Gasteiger partial charge < -0.3 is 4.52 Å². The lowest BCUT2D eigenvalue weighted by atomic mass is 9.95. The van der Waals surface area contributed by atoms with Crippen LogP contribution < -0.4 is 0 Å². The molecule has 0 bridgehead atoms. The molecule has 0 aromatic heterocycles. The van der Waals surface area contributed by atoms with E-state index in [4.69, 9.17) is 4.52 Å². The van der Waals surface area contributed by atoms with E-state index in [9.17, 15) is 4.57 Å². The summed E-state index contributed by atoms with van der Waals surface area (Å²) >= 11 is 0. The predicted molar refractivity (Wildman–Crippen MR) is 76.3 cm³/mol. The zero-order valence-corrected chi connectivity index (χ0v) is 12.5. The minimum absolute atomic E-state index is 0.307. The van der Waals surface area contributed by atoms with E-state index in [0.29, 0.717) is 18.7 Å². The summed E-state index contributed by atoms with van der Waals surface area (Å²) in [6.45, 7) is 6.58. The van der Waals surface area contributed by atoms with Crippen molar-refractivity contribution in [3.05, 3.63) is 35.9 Å². The Kier molecular flexibility index (Phi) is 3.99. The number of hydrogen-bond donors (Lipinski definition) is 0. The van der Waals surface area contributed by atoms with Gasteiger partial charge >= 0.3 is 0 Å². The maximum atomic E-state index is 13.3. The Balaban J connectivity index is 2.47. The third-order valence-corrected chi connectivity index (χ3v) is 7.74. The molecule has 18 heavy (non-hydrogen) atoms. The van der Waals surface area contributed by atoms with Gasteiger partial charge in [-0.05, 0) is 38.2 Å². The first-order chi connectivity index (χ1) is 8.58. The molecule has 2 nitrogen and oxygen atoms in total. The topological polar surface area (TPSA) is 26.3 Å². The molecule has 0 spiro atoms. The molecule has 2 unspecified atom stereocenters. The predicted octanol–water partition coefficient (Wildman–Crippen LogP) is 4.65. The molecule has 0 heterocycles. The molecule has 1 aromatic carbocycles. The summed E-state index contributed by atoms with van der Waals surface area (Å²) in [5.74, 6) is 0.511. The summed E-state index contributed by atoms with van der Waals surface area (Å²) in [4.78, 5) is 0. The molecule has 1 fully saturated rings. The van der Waals surface area contributed by atoms with E-state index < -0.39 is 7.37 Å². The van der Waals surface area contributed by atoms with E-state index in [-0.39, 0.29) is 5.16 Å². The minimum Gasteiger partial charge on any atom is -0.328 e. The molecule has 0 amide bonds. The lowest BCUT2D eigenvalue weighted by Gasteiger charge is -2.37. The van der Waals surface area contributed by atoms with Gasteiger partial charge in [0.05, 0.1) is 11.8 Å². The highest BCUT2D eigenvalue weighted by atomic mass is 31.2. The summed E-state index contributed by atoms with van der Waals surface area (Å²) in [6.07, 6.45) is 2.95. The maximum Gasteiger partial charge on any atom is 0.213 e. The highest BCUT2D eigenvalue weighted by Gasteiger charge is 2.54. The largest absolute Gasteiger partial charge is 0.328 e. The Morgan fingerprint density at radius 1 is 1.28 bits per heavy atom. The summed E-state index contributed by atoms with van der Waals surface area (Å²) < 4.78 is 19.0. The standard InChI is InChI=1S/C15H23O2P/c1-4-17-18(16,5-2)15(3,14-11-12-14)13-9-7-6-8-10-13/h6-10,14H,4-5,11-12H2,1-3H3. The second kappa shape index (κ2) is 5.19. The molecule has 100 valence electrons. The van der Waals surface area contributed by atoms with E-state index in [2.05, 4.69) is 19.1 Å². The Hall–Kier alpha value is -0.590. The van der Waals surface area contributed by atoms with Crippen molar-refractivity contribution < 1.29 is 9.09 Å². The molecule has 3 heteroatoms. The van der Waals surface area contributed by atoms with Crippen LogP contribution in [0.1, 0.15) is 39.2 Å². The van der Waals surface area contributed by atoms with Gasteiger partial charge in [-0.2, -0.15) is 0 Å². The molecule has 0 aliphatic heterocycles. The van der Waals surface area contributed by atoms with Crippen molar-refractivity contribution in [2.24, 2.45) is 5.92 Å². The average Bonchev–Trinajstić information content (AvgIpc) is 3.23. The molecule has 2 rings (SSSR count). The third-order valence-electron chi connectivity index (χ3n) is 4.19. The van der Waals surface area contributed by atoms with E-state index >= 15 is 0 Å². The first kappa shape index (κ1) is 13.8. The van der Waals surface area contributed by atoms with Crippen molar-refractivity contribution in [3.8, 4) is 0 Å². The SMILES string of the molecule is CCOP(=O)(CC)C(C)(c1ccccc1)C1CC1. The molecule has 1 aliphatic rings. The Morgan fingerprint density at radius 3 is 2.33 bits per heavy atom. The van der Waals surface area contributed by atoms with E-state index in [1.54, 1.807) is 0 Å². The van der Waals surface area contributed by atoms with E-state index in [0.717, 1.165) is 0 Å². The van der Waals surface area contributed by atoms with E-state index in [1.807, 2.05) is 32.0 Å². The first-order valence-corrected chi connectivity index (χ1v) is 8.68. The monoisotopic (exact) mass is 266 g/mol. The van der Waals surface area contributed by atoms with E-state index in [1.165, 1.54) is 18.4 Å². The second-order valence-electron chi connectivity index (χ2n) is 5.20. The van der Waals surface area contributed by atoms with Gasteiger partial charge in [-0.1, -0.05) is 37.3 Å². The van der Waals surface area contributed by atoms with Gasteiger partial charge in [0.1, 0.15) is 0 Å². The fourth-order valence-corrected chi connectivity index (χ4v) is 5.78. The van der Waals surface area contributed by atoms with Crippen molar-refractivity contribution in [1.82, 2.24) is 0 Å². The highest BCUT2D eigenvalue weighted by molar-refractivity contribution is 7.60. The van der Waals surface area contributed by atoms with Crippen LogP contribution in [0, 0.1) is 5.92 Å². The molecular formula is C15H23O2P. The van der Waals surface area contributed by atoms with Gasteiger partial charge in [0.25, 0.3) is 0 Å². The lowest BCUT2D eigenvalue weighted by Crippen LogP contribution is -2.27.